The molecule has 0 spiro atoms. The Bertz CT molecular complexity index is 729. The van der Waals surface area contributed by atoms with Gasteiger partial charge in [-0.1, -0.05) is 30.3 Å². The van der Waals surface area contributed by atoms with E-state index >= 15 is 0 Å². The molecule has 0 radical (unpaired) electrons. The highest BCUT2D eigenvalue weighted by atomic mass is 16.5. The van der Waals surface area contributed by atoms with Crippen LogP contribution in [0.15, 0.2) is 42.1 Å². The summed E-state index contributed by atoms with van der Waals surface area (Å²) in [5.74, 6) is -0.526. The minimum Gasteiger partial charge on any atom is -0.466 e. The van der Waals surface area contributed by atoms with Gasteiger partial charge in [0.2, 0.25) is 0 Å². The van der Waals surface area contributed by atoms with Gasteiger partial charge in [0, 0.05) is 31.9 Å². The second-order valence-electron chi connectivity index (χ2n) is 7.23. The van der Waals surface area contributed by atoms with E-state index in [0.29, 0.717) is 39.1 Å². The molecule has 0 N–H and O–H groups in total. The van der Waals surface area contributed by atoms with Gasteiger partial charge in [0.05, 0.1) is 12.5 Å². The first-order chi connectivity index (χ1) is 13.5. The number of hydrogen-bond acceptors (Lipinski definition) is 5. The molecule has 6 heteroatoms. The van der Waals surface area contributed by atoms with Crippen molar-refractivity contribution in [3.05, 3.63) is 47.7 Å². The molecule has 1 aromatic carbocycles. The number of hydrogen-bond donors (Lipinski definition) is 0. The Kier molecular flexibility index (Phi) is 8.06. The summed E-state index contributed by atoms with van der Waals surface area (Å²) in [5.41, 5.74) is 1.15. The average molecular weight is 383 g/mol. The first-order valence-electron chi connectivity index (χ1n) is 9.83. The van der Waals surface area contributed by atoms with E-state index < -0.39 is 0 Å². The van der Waals surface area contributed by atoms with Gasteiger partial charge in [-0.2, -0.15) is 5.26 Å². The van der Waals surface area contributed by atoms with Gasteiger partial charge in [-0.05, 0) is 39.2 Å². The van der Waals surface area contributed by atoms with Gasteiger partial charge in [-0.3, -0.25) is 9.59 Å². The van der Waals surface area contributed by atoms with Crippen molar-refractivity contribution in [1.29, 1.82) is 5.26 Å². The molecule has 1 saturated heterocycles. The highest BCUT2D eigenvalue weighted by molar-refractivity contribution is 5.97. The molecular formula is C22H29N3O3. The van der Waals surface area contributed by atoms with Crippen LogP contribution in [0.4, 0.5) is 0 Å². The smallest absolute Gasteiger partial charge is 0.309 e. The Morgan fingerprint density at radius 3 is 2.46 bits per heavy atom. The molecule has 1 fully saturated rings. The van der Waals surface area contributed by atoms with Crippen LogP contribution in [0.3, 0.4) is 0 Å². The van der Waals surface area contributed by atoms with Crippen LogP contribution in [-0.4, -0.2) is 47.4 Å². The lowest BCUT2D eigenvalue weighted by molar-refractivity contribution is -0.149. The molecule has 1 aromatic rings. The normalized spacial score (nSPS) is 15.2. The first kappa shape index (κ1) is 21.5. The molecule has 1 aliphatic heterocycles. The number of piperidine rings is 1. The average Bonchev–Trinajstić information content (AvgIpc) is 2.71. The van der Waals surface area contributed by atoms with E-state index in [9.17, 15) is 14.9 Å². The number of ether oxygens (including phenoxy) is 1. The van der Waals surface area contributed by atoms with E-state index in [-0.39, 0.29) is 29.4 Å². The summed E-state index contributed by atoms with van der Waals surface area (Å²) in [6.07, 6.45) is 2.98. The SMILES string of the molecule is CCOC(=O)C1CCN(/C=C(/C#N)C(=O)N(Cc2ccccc2)C(C)C)CC1. The van der Waals surface area contributed by atoms with E-state index in [0.717, 1.165) is 5.56 Å². The topological polar surface area (TPSA) is 73.6 Å². The molecule has 0 atom stereocenters. The van der Waals surface area contributed by atoms with Crippen LogP contribution in [0.25, 0.3) is 0 Å². The van der Waals surface area contributed by atoms with Crippen molar-refractivity contribution in [2.45, 2.75) is 46.2 Å². The van der Waals surface area contributed by atoms with Crippen molar-refractivity contribution < 1.29 is 14.3 Å². The van der Waals surface area contributed by atoms with Gasteiger partial charge in [0.25, 0.3) is 5.91 Å². The number of rotatable bonds is 7. The van der Waals surface area contributed by atoms with E-state index in [1.165, 1.54) is 0 Å². The second kappa shape index (κ2) is 10.5. The van der Waals surface area contributed by atoms with E-state index in [1.54, 1.807) is 18.0 Å². The maximum Gasteiger partial charge on any atom is 0.309 e. The Labute approximate surface area is 167 Å². The van der Waals surface area contributed by atoms with Gasteiger partial charge in [0.1, 0.15) is 11.6 Å². The monoisotopic (exact) mass is 383 g/mol. The fraction of sp³-hybridized carbons (Fsp3) is 0.500. The molecule has 0 saturated carbocycles. The minimum atomic E-state index is -0.270. The van der Waals surface area contributed by atoms with Crippen LogP contribution in [-0.2, 0) is 20.9 Å². The van der Waals surface area contributed by atoms with E-state index in [1.807, 2.05) is 49.1 Å². The molecule has 1 aliphatic rings. The van der Waals surface area contributed by atoms with Gasteiger partial charge < -0.3 is 14.5 Å². The Morgan fingerprint density at radius 1 is 1.29 bits per heavy atom. The number of likely N-dealkylation sites (tertiary alicyclic amines) is 1. The zero-order chi connectivity index (χ0) is 20.5. The van der Waals surface area contributed by atoms with Gasteiger partial charge >= 0.3 is 5.97 Å². The Balaban J connectivity index is 2.05. The van der Waals surface area contributed by atoms with Gasteiger partial charge in [-0.15, -0.1) is 0 Å². The van der Waals surface area contributed by atoms with Crippen LogP contribution >= 0.6 is 0 Å². The van der Waals surface area contributed by atoms with Crippen molar-refractivity contribution in [2.24, 2.45) is 5.92 Å². The zero-order valence-electron chi connectivity index (χ0n) is 16.9. The van der Waals surface area contributed by atoms with Crippen LogP contribution in [0.2, 0.25) is 0 Å². The molecule has 0 aliphatic carbocycles. The quantitative estimate of drug-likeness (QED) is 0.411. The van der Waals surface area contributed by atoms with Crippen molar-refractivity contribution >= 4 is 11.9 Å². The number of carbonyl (C=O) groups excluding carboxylic acids is 2. The Morgan fingerprint density at radius 2 is 1.93 bits per heavy atom. The van der Waals surface area contributed by atoms with E-state index in [2.05, 4.69) is 6.07 Å². The minimum absolute atomic E-state index is 0.0287. The summed E-state index contributed by atoms with van der Waals surface area (Å²) in [6.45, 7) is 7.79. The zero-order valence-corrected chi connectivity index (χ0v) is 16.9. The summed E-state index contributed by atoms with van der Waals surface area (Å²) in [7, 11) is 0. The fourth-order valence-electron chi connectivity index (χ4n) is 3.26. The summed E-state index contributed by atoms with van der Waals surface area (Å²) < 4.78 is 5.09. The lowest BCUT2D eigenvalue weighted by Gasteiger charge is -2.31. The van der Waals surface area contributed by atoms with Gasteiger partial charge in [0.15, 0.2) is 0 Å². The van der Waals surface area contributed by atoms with Crippen LogP contribution in [0.5, 0.6) is 0 Å². The third-order valence-electron chi connectivity index (χ3n) is 4.89. The molecule has 28 heavy (non-hydrogen) atoms. The number of nitrogens with zero attached hydrogens (tertiary/aromatic N) is 3. The maximum absolute atomic E-state index is 13.0. The third kappa shape index (κ3) is 5.85. The summed E-state index contributed by atoms with van der Waals surface area (Å²) in [5, 5.41) is 9.57. The Hall–Kier alpha value is -2.81. The highest BCUT2D eigenvalue weighted by Gasteiger charge is 2.27. The molecule has 2 rings (SSSR count). The summed E-state index contributed by atoms with van der Waals surface area (Å²) in [4.78, 5) is 28.5. The van der Waals surface area contributed by atoms with Crippen molar-refractivity contribution in [3.63, 3.8) is 0 Å². The largest absolute Gasteiger partial charge is 0.466 e. The lowest BCUT2D eigenvalue weighted by atomic mass is 9.97. The summed E-state index contributed by atoms with van der Waals surface area (Å²) >= 11 is 0. The third-order valence-corrected chi connectivity index (χ3v) is 4.89. The molecular weight excluding hydrogens is 354 g/mol. The molecule has 150 valence electrons. The van der Waals surface area contributed by atoms with Crippen LogP contribution < -0.4 is 0 Å². The molecule has 6 nitrogen and oxygen atoms in total. The lowest BCUT2D eigenvalue weighted by Crippen LogP contribution is -2.38. The second-order valence-corrected chi connectivity index (χ2v) is 7.23. The molecule has 1 amide bonds. The summed E-state index contributed by atoms with van der Waals surface area (Å²) in [6, 6.07) is 11.8. The predicted octanol–water partition coefficient (Wildman–Crippen LogP) is 3.11. The van der Waals surface area contributed by atoms with Crippen molar-refractivity contribution in [2.75, 3.05) is 19.7 Å². The predicted molar refractivity (Wildman–Crippen MR) is 107 cm³/mol. The number of benzene rings is 1. The molecule has 1 heterocycles. The first-order valence-corrected chi connectivity index (χ1v) is 9.83. The highest BCUT2D eigenvalue weighted by Crippen LogP contribution is 2.20. The van der Waals surface area contributed by atoms with Crippen LogP contribution in [0, 0.1) is 17.2 Å². The maximum atomic E-state index is 13.0. The van der Waals surface area contributed by atoms with Crippen molar-refractivity contribution in [1.82, 2.24) is 9.80 Å². The van der Waals surface area contributed by atoms with Gasteiger partial charge in [-0.25, -0.2) is 0 Å². The number of carbonyl (C=O) groups is 2. The van der Waals surface area contributed by atoms with E-state index in [4.69, 9.17) is 4.74 Å². The standard InChI is InChI=1S/C22H29N3O3/c1-4-28-22(27)19-10-12-24(13-11-19)16-20(14-23)21(26)25(17(2)3)15-18-8-6-5-7-9-18/h5-9,16-17,19H,4,10-13,15H2,1-3H3/b20-16-. The molecule has 0 aromatic heterocycles. The van der Waals surface area contributed by atoms with Crippen molar-refractivity contribution in [3.8, 4) is 6.07 Å². The molecule has 0 bridgehead atoms. The van der Waals surface area contributed by atoms with Crippen LogP contribution in [0.1, 0.15) is 39.2 Å². The number of nitriles is 1. The molecule has 0 unspecified atom stereocenters. The number of amides is 1. The number of esters is 1. The fourth-order valence-corrected chi connectivity index (χ4v) is 3.26.